The average Bonchev–Trinajstić information content (AvgIpc) is 3.16. The molecule has 7 heteroatoms. The second kappa shape index (κ2) is 7.39. The lowest BCUT2D eigenvalue weighted by atomic mass is 9.97. The van der Waals surface area contributed by atoms with Gasteiger partial charge in [0.25, 0.3) is 0 Å². The molecule has 2 aliphatic rings. The van der Waals surface area contributed by atoms with Crippen molar-refractivity contribution < 1.29 is 4.74 Å². The predicted molar refractivity (Wildman–Crippen MR) is 97.0 cm³/mol. The summed E-state index contributed by atoms with van der Waals surface area (Å²) < 4.78 is 7.62. The first-order chi connectivity index (χ1) is 12.3. The van der Waals surface area contributed by atoms with E-state index in [1.807, 2.05) is 12.5 Å². The molecule has 0 spiro atoms. The average molecular weight is 342 g/mol. The molecular formula is C18H26N6O. The number of rotatable bonds is 4. The van der Waals surface area contributed by atoms with E-state index in [0.29, 0.717) is 5.92 Å². The molecule has 2 aromatic rings. The molecule has 25 heavy (non-hydrogen) atoms. The van der Waals surface area contributed by atoms with Gasteiger partial charge in [0.2, 0.25) is 5.95 Å². The molecule has 0 saturated carbocycles. The number of piperidine rings is 1. The van der Waals surface area contributed by atoms with Gasteiger partial charge in [-0.15, -0.1) is 0 Å². The molecule has 0 aliphatic carbocycles. The van der Waals surface area contributed by atoms with Gasteiger partial charge >= 0.3 is 0 Å². The van der Waals surface area contributed by atoms with Crippen molar-refractivity contribution in [2.75, 3.05) is 49.2 Å². The highest BCUT2D eigenvalue weighted by Crippen LogP contribution is 2.25. The zero-order valence-corrected chi connectivity index (χ0v) is 14.8. The first-order valence-corrected chi connectivity index (χ1v) is 9.17. The number of imidazole rings is 1. The Hall–Kier alpha value is -2.15. The standard InChI is InChI=1S/C18H26N6O/c1-15-12-17(21-18(20-15)24-8-10-25-11-9-24)23-5-2-16(3-6-23)13-22-7-4-19-14-22/h4,7,12,14,16H,2-3,5-6,8-11,13H2,1H3. The van der Waals surface area contributed by atoms with Crippen LogP contribution in [0, 0.1) is 12.8 Å². The third kappa shape index (κ3) is 3.92. The monoisotopic (exact) mass is 342 g/mol. The van der Waals surface area contributed by atoms with Crippen molar-refractivity contribution in [3.63, 3.8) is 0 Å². The van der Waals surface area contributed by atoms with Crippen LogP contribution in [-0.2, 0) is 11.3 Å². The number of aromatic nitrogens is 4. The maximum atomic E-state index is 5.44. The third-order valence-corrected chi connectivity index (χ3v) is 5.09. The smallest absolute Gasteiger partial charge is 0.227 e. The highest BCUT2D eigenvalue weighted by Gasteiger charge is 2.22. The molecule has 0 atom stereocenters. The topological polar surface area (TPSA) is 59.3 Å². The van der Waals surface area contributed by atoms with Crippen molar-refractivity contribution in [1.29, 1.82) is 0 Å². The number of hydrogen-bond acceptors (Lipinski definition) is 6. The van der Waals surface area contributed by atoms with Crippen molar-refractivity contribution in [2.24, 2.45) is 5.92 Å². The Labute approximate surface area is 148 Å². The Bertz CT molecular complexity index is 675. The molecule has 0 unspecified atom stereocenters. The van der Waals surface area contributed by atoms with Gasteiger partial charge in [-0.25, -0.2) is 9.97 Å². The van der Waals surface area contributed by atoms with Gasteiger partial charge in [0, 0.05) is 56.9 Å². The van der Waals surface area contributed by atoms with Gasteiger partial charge in [0.15, 0.2) is 0 Å². The molecule has 2 fully saturated rings. The fourth-order valence-corrected chi connectivity index (χ4v) is 3.64. The second-order valence-corrected chi connectivity index (χ2v) is 6.96. The molecule has 4 rings (SSSR count). The number of ether oxygens (including phenoxy) is 1. The predicted octanol–water partition coefficient (Wildman–Crippen LogP) is 1.73. The van der Waals surface area contributed by atoms with E-state index in [4.69, 9.17) is 9.72 Å². The number of aryl methyl sites for hydroxylation is 1. The lowest BCUT2D eigenvalue weighted by molar-refractivity contribution is 0.122. The Morgan fingerprint density at radius 1 is 1.08 bits per heavy atom. The normalized spacial score (nSPS) is 19.4. The van der Waals surface area contributed by atoms with E-state index in [2.05, 4.69) is 43.5 Å². The summed E-state index contributed by atoms with van der Waals surface area (Å²) in [6, 6.07) is 2.11. The van der Waals surface area contributed by atoms with Gasteiger partial charge in [-0.05, 0) is 25.7 Å². The van der Waals surface area contributed by atoms with Crippen molar-refractivity contribution in [3.8, 4) is 0 Å². The van der Waals surface area contributed by atoms with Gasteiger partial charge in [-0.2, -0.15) is 4.98 Å². The highest BCUT2D eigenvalue weighted by atomic mass is 16.5. The highest BCUT2D eigenvalue weighted by molar-refractivity contribution is 5.46. The van der Waals surface area contributed by atoms with E-state index in [-0.39, 0.29) is 0 Å². The third-order valence-electron chi connectivity index (χ3n) is 5.09. The summed E-state index contributed by atoms with van der Waals surface area (Å²) in [6.45, 7) is 8.48. The maximum Gasteiger partial charge on any atom is 0.227 e. The fraction of sp³-hybridized carbons (Fsp3) is 0.611. The molecule has 2 aliphatic heterocycles. The van der Waals surface area contributed by atoms with Gasteiger partial charge in [-0.3, -0.25) is 0 Å². The molecule has 0 N–H and O–H groups in total. The first kappa shape index (κ1) is 16.3. The van der Waals surface area contributed by atoms with Crippen molar-refractivity contribution in [3.05, 3.63) is 30.5 Å². The summed E-state index contributed by atoms with van der Waals surface area (Å²) in [5.74, 6) is 2.63. The van der Waals surface area contributed by atoms with Crippen LogP contribution in [0.25, 0.3) is 0 Å². The summed E-state index contributed by atoms with van der Waals surface area (Å²) in [6.07, 6.45) is 8.19. The maximum absolute atomic E-state index is 5.44. The van der Waals surface area contributed by atoms with Crippen LogP contribution in [-0.4, -0.2) is 58.9 Å². The lowest BCUT2D eigenvalue weighted by Gasteiger charge is -2.34. The Kier molecular flexibility index (Phi) is 4.83. The molecule has 0 bridgehead atoms. The van der Waals surface area contributed by atoms with Crippen molar-refractivity contribution in [2.45, 2.75) is 26.3 Å². The van der Waals surface area contributed by atoms with Crippen LogP contribution in [0.4, 0.5) is 11.8 Å². The van der Waals surface area contributed by atoms with Crippen LogP contribution in [0.1, 0.15) is 18.5 Å². The van der Waals surface area contributed by atoms with E-state index in [0.717, 1.165) is 63.4 Å². The van der Waals surface area contributed by atoms with Crippen LogP contribution < -0.4 is 9.80 Å². The first-order valence-electron chi connectivity index (χ1n) is 9.17. The van der Waals surface area contributed by atoms with Crippen LogP contribution in [0.15, 0.2) is 24.8 Å². The number of morpholine rings is 1. The minimum Gasteiger partial charge on any atom is -0.378 e. The summed E-state index contributed by atoms with van der Waals surface area (Å²) in [4.78, 5) is 18.3. The lowest BCUT2D eigenvalue weighted by Crippen LogP contribution is -2.39. The molecule has 4 heterocycles. The van der Waals surface area contributed by atoms with Gasteiger partial charge in [0.05, 0.1) is 19.5 Å². The fourth-order valence-electron chi connectivity index (χ4n) is 3.64. The van der Waals surface area contributed by atoms with Crippen LogP contribution in [0.3, 0.4) is 0 Å². The Balaban J connectivity index is 1.41. The number of nitrogens with zero attached hydrogens (tertiary/aromatic N) is 6. The van der Waals surface area contributed by atoms with E-state index in [9.17, 15) is 0 Å². The molecule has 2 saturated heterocycles. The van der Waals surface area contributed by atoms with Crippen molar-refractivity contribution >= 4 is 11.8 Å². The molecule has 7 nitrogen and oxygen atoms in total. The Morgan fingerprint density at radius 3 is 2.60 bits per heavy atom. The molecule has 0 aromatic carbocycles. The van der Waals surface area contributed by atoms with Crippen LogP contribution >= 0.6 is 0 Å². The molecule has 2 aromatic heterocycles. The number of anilines is 2. The largest absolute Gasteiger partial charge is 0.378 e. The van der Waals surface area contributed by atoms with Gasteiger partial charge in [-0.1, -0.05) is 0 Å². The zero-order valence-electron chi connectivity index (χ0n) is 14.8. The minimum atomic E-state index is 0.715. The van der Waals surface area contributed by atoms with Crippen molar-refractivity contribution in [1.82, 2.24) is 19.5 Å². The van der Waals surface area contributed by atoms with Gasteiger partial charge < -0.3 is 19.1 Å². The second-order valence-electron chi connectivity index (χ2n) is 6.96. The summed E-state index contributed by atoms with van der Waals surface area (Å²) >= 11 is 0. The van der Waals surface area contributed by atoms with E-state index >= 15 is 0 Å². The van der Waals surface area contributed by atoms with E-state index < -0.39 is 0 Å². The summed E-state index contributed by atoms with van der Waals surface area (Å²) in [5.41, 5.74) is 1.03. The minimum absolute atomic E-state index is 0.715. The summed E-state index contributed by atoms with van der Waals surface area (Å²) in [7, 11) is 0. The van der Waals surface area contributed by atoms with Crippen LogP contribution in [0.5, 0.6) is 0 Å². The van der Waals surface area contributed by atoms with E-state index in [1.165, 1.54) is 12.8 Å². The quantitative estimate of drug-likeness (QED) is 0.843. The van der Waals surface area contributed by atoms with Gasteiger partial charge in [0.1, 0.15) is 5.82 Å². The zero-order chi connectivity index (χ0) is 17.1. The SMILES string of the molecule is Cc1cc(N2CCC(Cn3ccnc3)CC2)nc(N2CCOCC2)n1. The Morgan fingerprint density at radius 2 is 1.88 bits per heavy atom. The molecule has 0 amide bonds. The summed E-state index contributed by atoms with van der Waals surface area (Å²) in [5, 5.41) is 0. The molecule has 134 valence electrons. The van der Waals surface area contributed by atoms with E-state index in [1.54, 1.807) is 0 Å². The van der Waals surface area contributed by atoms with Crippen LogP contribution in [0.2, 0.25) is 0 Å². The molecule has 0 radical (unpaired) electrons. The molecular weight excluding hydrogens is 316 g/mol. The number of hydrogen-bond donors (Lipinski definition) is 0.